The number of pyridine rings is 1. The lowest BCUT2D eigenvalue weighted by Crippen LogP contribution is -2.33. The Bertz CT molecular complexity index is 832. The highest BCUT2D eigenvalue weighted by atomic mass is 15.1. The lowest BCUT2D eigenvalue weighted by Gasteiger charge is -2.30. The molecule has 0 spiro atoms. The van der Waals surface area contributed by atoms with Crippen molar-refractivity contribution in [1.29, 1.82) is 0 Å². The maximum atomic E-state index is 4.51. The lowest BCUT2D eigenvalue weighted by molar-refractivity contribution is 0.226. The van der Waals surface area contributed by atoms with E-state index in [1.165, 1.54) is 40.7 Å². The third-order valence-corrected chi connectivity index (χ3v) is 4.65. The second-order valence-electron chi connectivity index (χ2n) is 7.00. The number of benzene rings is 1. The SMILES string of the molecule is CC(C)CN1CCc2cc(-c3cnc4[nH]ccc4c3)ccc2C1. The quantitative estimate of drug-likeness (QED) is 0.784. The average molecular weight is 305 g/mol. The van der Waals surface area contributed by atoms with Gasteiger partial charge in [0.05, 0.1) is 0 Å². The summed E-state index contributed by atoms with van der Waals surface area (Å²) in [7, 11) is 0. The summed E-state index contributed by atoms with van der Waals surface area (Å²) in [6.07, 6.45) is 5.06. The van der Waals surface area contributed by atoms with Crippen molar-refractivity contribution in [2.24, 2.45) is 5.92 Å². The Morgan fingerprint density at radius 1 is 1.13 bits per heavy atom. The van der Waals surface area contributed by atoms with Crippen LogP contribution in [0.5, 0.6) is 0 Å². The molecule has 1 N–H and O–H groups in total. The zero-order valence-corrected chi connectivity index (χ0v) is 13.8. The van der Waals surface area contributed by atoms with Gasteiger partial charge in [-0.2, -0.15) is 0 Å². The molecule has 0 aliphatic carbocycles. The Labute approximate surface area is 137 Å². The third-order valence-electron chi connectivity index (χ3n) is 4.65. The van der Waals surface area contributed by atoms with Crippen LogP contribution in [-0.2, 0) is 13.0 Å². The van der Waals surface area contributed by atoms with E-state index in [4.69, 9.17) is 0 Å². The van der Waals surface area contributed by atoms with Gasteiger partial charge in [0.15, 0.2) is 0 Å². The molecule has 2 aromatic heterocycles. The van der Waals surface area contributed by atoms with Crippen LogP contribution in [-0.4, -0.2) is 28.0 Å². The summed E-state index contributed by atoms with van der Waals surface area (Å²) in [6.45, 7) is 8.04. The standard InChI is InChI=1S/C20H23N3/c1-14(2)12-23-8-6-16-9-15(3-4-18(16)13-23)19-10-17-5-7-21-20(17)22-11-19/h3-5,7,9-11,14H,6,8,12-13H2,1-2H3,(H,21,22). The number of nitrogens with one attached hydrogen (secondary N) is 1. The summed E-state index contributed by atoms with van der Waals surface area (Å²) in [5, 5.41) is 1.17. The molecule has 0 unspecified atom stereocenters. The smallest absolute Gasteiger partial charge is 0.137 e. The average Bonchev–Trinajstić information content (AvgIpc) is 3.01. The Balaban J connectivity index is 1.62. The zero-order chi connectivity index (χ0) is 15.8. The van der Waals surface area contributed by atoms with E-state index in [-0.39, 0.29) is 0 Å². The van der Waals surface area contributed by atoms with Crippen LogP contribution in [0.15, 0.2) is 42.7 Å². The number of aromatic amines is 1. The molecule has 23 heavy (non-hydrogen) atoms. The lowest BCUT2D eigenvalue weighted by atomic mass is 9.94. The predicted octanol–water partition coefficient (Wildman–Crippen LogP) is 4.24. The fourth-order valence-electron chi connectivity index (χ4n) is 3.56. The molecular formula is C20H23N3. The van der Waals surface area contributed by atoms with Crippen LogP contribution < -0.4 is 0 Å². The Hall–Kier alpha value is -2.13. The number of fused-ring (bicyclic) bond motifs is 2. The van der Waals surface area contributed by atoms with Crippen molar-refractivity contribution in [2.75, 3.05) is 13.1 Å². The molecule has 3 heterocycles. The summed E-state index contributed by atoms with van der Waals surface area (Å²) in [4.78, 5) is 10.2. The van der Waals surface area contributed by atoms with Crippen molar-refractivity contribution < 1.29 is 0 Å². The maximum absolute atomic E-state index is 4.51. The molecule has 0 fully saturated rings. The van der Waals surface area contributed by atoms with Crippen LogP contribution in [0.3, 0.4) is 0 Å². The Morgan fingerprint density at radius 3 is 2.91 bits per heavy atom. The van der Waals surface area contributed by atoms with E-state index in [9.17, 15) is 0 Å². The fourth-order valence-corrected chi connectivity index (χ4v) is 3.56. The number of H-pyrrole nitrogens is 1. The van der Waals surface area contributed by atoms with E-state index in [0.717, 1.165) is 24.5 Å². The summed E-state index contributed by atoms with van der Waals surface area (Å²) in [5.41, 5.74) is 6.41. The highest BCUT2D eigenvalue weighted by Gasteiger charge is 2.17. The second kappa shape index (κ2) is 5.82. The molecule has 3 aromatic rings. The molecule has 0 saturated carbocycles. The Morgan fingerprint density at radius 2 is 2.04 bits per heavy atom. The van der Waals surface area contributed by atoms with Crippen LogP contribution >= 0.6 is 0 Å². The van der Waals surface area contributed by atoms with Gasteiger partial charge in [-0.05, 0) is 41.2 Å². The van der Waals surface area contributed by atoms with Crippen molar-refractivity contribution >= 4 is 11.0 Å². The minimum atomic E-state index is 0.731. The molecule has 0 bridgehead atoms. The second-order valence-corrected chi connectivity index (χ2v) is 7.00. The molecular weight excluding hydrogens is 282 g/mol. The minimum Gasteiger partial charge on any atom is -0.346 e. The molecule has 1 aliphatic heterocycles. The van der Waals surface area contributed by atoms with Gasteiger partial charge in [0.1, 0.15) is 5.65 Å². The third kappa shape index (κ3) is 2.89. The van der Waals surface area contributed by atoms with Crippen molar-refractivity contribution in [3.05, 3.63) is 53.9 Å². The number of nitrogens with zero attached hydrogens (tertiary/aromatic N) is 2. The molecule has 3 nitrogen and oxygen atoms in total. The van der Waals surface area contributed by atoms with Gasteiger partial charge in [0.2, 0.25) is 0 Å². The largest absolute Gasteiger partial charge is 0.346 e. The highest BCUT2D eigenvalue weighted by molar-refractivity contribution is 5.81. The van der Waals surface area contributed by atoms with Crippen LogP contribution in [0, 0.1) is 5.92 Å². The van der Waals surface area contributed by atoms with Gasteiger partial charge in [-0.1, -0.05) is 32.0 Å². The summed E-state index contributed by atoms with van der Waals surface area (Å²) >= 11 is 0. The first-order valence-corrected chi connectivity index (χ1v) is 8.47. The molecule has 118 valence electrons. The molecule has 1 aromatic carbocycles. The predicted molar refractivity (Wildman–Crippen MR) is 95.3 cm³/mol. The van der Waals surface area contributed by atoms with E-state index >= 15 is 0 Å². The molecule has 4 rings (SSSR count). The van der Waals surface area contributed by atoms with Gasteiger partial charge in [0, 0.05) is 43.0 Å². The molecule has 0 amide bonds. The van der Waals surface area contributed by atoms with E-state index in [0.29, 0.717) is 0 Å². The minimum absolute atomic E-state index is 0.731. The zero-order valence-electron chi connectivity index (χ0n) is 13.8. The topological polar surface area (TPSA) is 31.9 Å². The normalized spacial score (nSPS) is 15.3. The molecule has 1 aliphatic rings. The van der Waals surface area contributed by atoms with E-state index in [2.05, 4.69) is 59.0 Å². The first-order chi connectivity index (χ1) is 11.2. The van der Waals surface area contributed by atoms with E-state index in [1.807, 2.05) is 12.4 Å². The summed E-state index contributed by atoms with van der Waals surface area (Å²) in [5.74, 6) is 0.731. The Kier molecular flexibility index (Phi) is 3.66. The monoisotopic (exact) mass is 305 g/mol. The first kappa shape index (κ1) is 14.5. The maximum Gasteiger partial charge on any atom is 0.137 e. The number of hydrogen-bond donors (Lipinski definition) is 1. The molecule has 0 radical (unpaired) electrons. The molecule has 0 atom stereocenters. The first-order valence-electron chi connectivity index (χ1n) is 8.47. The van der Waals surface area contributed by atoms with Gasteiger partial charge < -0.3 is 4.98 Å². The van der Waals surface area contributed by atoms with Crippen LogP contribution in [0.1, 0.15) is 25.0 Å². The van der Waals surface area contributed by atoms with Gasteiger partial charge in [-0.3, -0.25) is 4.90 Å². The van der Waals surface area contributed by atoms with Crippen molar-refractivity contribution in [2.45, 2.75) is 26.8 Å². The van der Waals surface area contributed by atoms with Gasteiger partial charge in [-0.15, -0.1) is 0 Å². The summed E-state index contributed by atoms with van der Waals surface area (Å²) in [6, 6.07) is 11.2. The van der Waals surface area contributed by atoms with Crippen LogP contribution in [0.25, 0.3) is 22.2 Å². The highest BCUT2D eigenvalue weighted by Crippen LogP contribution is 2.27. The molecule has 0 saturated heterocycles. The number of rotatable bonds is 3. The van der Waals surface area contributed by atoms with Crippen molar-refractivity contribution in [1.82, 2.24) is 14.9 Å². The number of hydrogen-bond acceptors (Lipinski definition) is 2. The van der Waals surface area contributed by atoms with E-state index in [1.54, 1.807) is 0 Å². The summed E-state index contributed by atoms with van der Waals surface area (Å²) < 4.78 is 0. The number of aromatic nitrogens is 2. The van der Waals surface area contributed by atoms with Crippen molar-refractivity contribution in [3.8, 4) is 11.1 Å². The van der Waals surface area contributed by atoms with Crippen LogP contribution in [0.4, 0.5) is 0 Å². The van der Waals surface area contributed by atoms with Gasteiger partial charge >= 0.3 is 0 Å². The fraction of sp³-hybridized carbons (Fsp3) is 0.350. The van der Waals surface area contributed by atoms with Crippen LogP contribution in [0.2, 0.25) is 0 Å². The van der Waals surface area contributed by atoms with Gasteiger partial charge in [-0.25, -0.2) is 4.98 Å². The van der Waals surface area contributed by atoms with E-state index < -0.39 is 0 Å². The van der Waals surface area contributed by atoms with Crippen molar-refractivity contribution in [3.63, 3.8) is 0 Å². The van der Waals surface area contributed by atoms with Gasteiger partial charge in [0.25, 0.3) is 0 Å². The molecule has 3 heteroatoms.